The van der Waals surface area contributed by atoms with Gasteiger partial charge >= 0.3 is 6.09 Å². The number of para-hydroxylation sites is 1. The number of nitrogens with zero attached hydrogens (tertiary/aromatic N) is 1. The number of allylic oxidation sites excluding steroid dienone is 1. The molecule has 0 radical (unpaired) electrons. The maximum Gasteiger partial charge on any atom is 0.424 e. The smallest absolute Gasteiger partial charge is 0.409 e. The van der Waals surface area contributed by atoms with E-state index in [-0.39, 0.29) is 6.09 Å². The highest BCUT2D eigenvalue weighted by atomic mass is 16.6. The standard InChI is InChI=1S/C26H25NO2/c1-3-4-15-22(20-11-7-5-8-12-20)25-23-17-16-19(2)18-24(23)27(26(28)29-25)21-13-9-6-10-14-21/h5-14,16-18H,3-4,15H2,1-2H3/b25-22-. The summed E-state index contributed by atoms with van der Waals surface area (Å²) in [5, 5.41) is 0. The van der Waals surface area contributed by atoms with Crippen LogP contribution in [0.1, 0.15) is 42.9 Å². The summed E-state index contributed by atoms with van der Waals surface area (Å²) < 4.78 is 6.00. The Bertz CT molecular complexity index is 1040. The van der Waals surface area contributed by atoms with Crippen LogP contribution in [-0.2, 0) is 4.74 Å². The van der Waals surface area contributed by atoms with Crippen molar-refractivity contribution in [3.63, 3.8) is 0 Å². The summed E-state index contributed by atoms with van der Waals surface area (Å²) in [7, 11) is 0. The molecule has 3 aromatic rings. The molecule has 4 rings (SSSR count). The highest BCUT2D eigenvalue weighted by Gasteiger charge is 2.32. The van der Waals surface area contributed by atoms with Crippen LogP contribution in [0.4, 0.5) is 16.2 Å². The van der Waals surface area contributed by atoms with Crippen molar-refractivity contribution < 1.29 is 9.53 Å². The summed E-state index contributed by atoms with van der Waals surface area (Å²) in [6.45, 7) is 4.22. The van der Waals surface area contributed by atoms with E-state index in [0.717, 1.165) is 52.9 Å². The van der Waals surface area contributed by atoms with Crippen molar-refractivity contribution in [1.29, 1.82) is 0 Å². The van der Waals surface area contributed by atoms with Gasteiger partial charge in [0.25, 0.3) is 0 Å². The van der Waals surface area contributed by atoms with Gasteiger partial charge in [0, 0.05) is 11.1 Å². The maximum atomic E-state index is 13.2. The highest BCUT2D eigenvalue weighted by molar-refractivity contribution is 6.08. The molecule has 0 aromatic heterocycles. The second kappa shape index (κ2) is 8.36. The number of hydrogen-bond acceptors (Lipinski definition) is 2. The highest BCUT2D eigenvalue weighted by Crippen LogP contribution is 2.43. The van der Waals surface area contributed by atoms with Crippen molar-refractivity contribution in [2.75, 3.05) is 4.90 Å². The van der Waals surface area contributed by atoms with Crippen LogP contribution < -0.4 is 4.90 Å². The third-order valence-corrected chi connectivity index (χ3v) is 5.20. The van der Waals surface area contributed by atoms with Crippen LogP contribution in [0, 0.1) is 6.92 Å². The molecule has 1 amide bonds. The Morgan fingerprint density at radius 2 is 1.62 bits per heavy atom. The van der Waals surface area contributed by atoms with Crippen molar-refractivity contribution in [2.45, 2.75) is 33.1 Å². The molecule has 0 unspecified atom stereocenters. The third kappa shape index (κ3) is 3.81. The summed E-state index contributed by atoms with van der Waals surface area (Å²) in [6, 6.07) is 26.1. The lowest BCUT2D eigenvalue weighted by Gasteiger charge is -2.32. The summed E-state index contributed by atoms with van der Waals surface area (Å²) in [4.78, 5) is 14.8. The van der Waals surface area contributed by atoms with Gasteiger partial charge in [0.15, 0.2) is 0 Å². The fraction of sp³-hybridized carbons (Fsp3) is 0.192. The van der Waals surface area contributed by atoms with E-state index in [1.807, 2.05) is 55.5 Å². The minimum atomic E-state index is -0.366. The number of fused-ring (bicyclic) bond motifs is 1. The number of aryl methyl sites for hydroxylation is 1. The Morgan fingerprint density at radius 1 is 0.931 bits per heavy atom. The van der Waals surface area contributed by atoms with E-state index in [2.05, 4.69) is 37.3 Å². The van der Waals surface area contributed by atoms with Crippen LogP contribution in [-0.4, -0.2) is 6.09 Å². The summed E-state index contributed by atoms with van der Waals surface area (Å²) in [5.41, 5.74) is 5.91. The molecule has 0 bridgehead atoms. The Balaban J connectivity index is 1.93. The first-order valence-corrected chi connectivity index (χ1v) is 10.2. The molecule has 0 fully saturated rings. The van der Waals surface area contributed by atoms with Crippen LogP contribution in [0.2, 0.25) is 0 Å². The average molecular weight is 383 g/mol. The normalized spacial score (nSPS) is 15.0. The van der Waals surface area contributed by atoms with E-state index in [1.54, 1.807) is 4.90 Å². The first-order valence-electron chi connectivity index (χ1n) is 10.2. The predicted molar refractivity (Wildman–Crippen MR) is 119 cm³/mol. The van der Waals surface area contributed by atoms with E-state index in [1.165, 1.54) is 0 Å². The largest absolute Gasteiger partial charge is 0.424 e. The van der Waals surface area contributed by atoms with E-state index in [0.29, 0.717) is 5.76 Å². The molecule has 0 saturated heterocycles. The summed E-state index contributed by atoms with van der Waals surface area (Å²) in [5.74, 6) is 0.678. The van der Waals surface area contributed by atoms with Crippen LogP contribution in [0.5, 0.6) is 0 Å². The van der Waals surface area contributed by atoms with Crippen molar-refractivity contribution in [3.8, 4) is 0 Å². The topological polar surface area (TPSA) is 29.5 Å². The molecule has 0 saturated carbocycles. The lowest BCUT2D eigenvalue weighted by molar-refractivity contribution is 0.200. The molecule has 1 heterocycles. The van der Waals surface area contributed by atoms with Gasteiger partial charge in [-0.15, -0.1) is 0 Å². The van der Waals surface area contributed by atoms with Crippen LogP contribution in [0.25, 0.3) is 11.3 Å². The van der Waals surface area contributed by atoms with Gasteiger partial charge in [0.1, 0.15) is 5.76 Å². The molecule has 1 aliphatic heterocycles. The number of rotatable bonds is 5. The number of anilines is 2. The van der Waals surface area contributed by atoms with Crippen LogP contribution in [0.3, 0.4) is 0 Å². The van der Waals surface area contributed by atoms with Crippen molar-refractivity contribution in [1.82, 2.24) is 0 Å². The molecule has 3 aromatic carbocycles. The van der Waals surface area contributed by atoms with E-state index < -0.39 is 0 Å². The summed E-state index contributed by atoms with van der Waals surface area (Å²) >= 11 is 0. The van der Waals surface area contributed by atoms with Gasteiger partial charge in [-0.2, -0.15) is 0 Å². The van der Waals surface area contributed by atoms with Crippen molar-refractivity contribution >= 4 is 28.8 Å². The maximum absolute atomic E-state index is 13.2. The molecule has 29 heavy (non-hydrogen) atoms. The third-order valence-electron chi connectivity index (χ3n) is 5.20. The second-order valence-electron chi connectivity index (χ2n) is 7.34. The molecule has 0 N–H and O–H groups in total. The molecule has 0 atom stereocenters. The van der Waals surface area contributed by atoms with Crippen molar-refractivity contribution in [2.24, 2.45) is 0 Å². The number of hydrogen-bond donors (Lipinski definition) is 0. The van der Waals surface area contributed by atoms with E-state index in [4.69, 9.17) is 4.74 Å². The summed E-state index contributed by atoms with van der Waals surface area (Å²) in [6.07, 6.45) is 2.61. The SMILES string of the molecule is CCCC/C(=C1/OC(=O)N(c2ccccc2)c2cc(C)ccc21)c1ccccc1. The van der Waals surface area contributed by atoms with E-state index in [9.17, 15) is 4.79 Å². The Labute approximate surface area is 172 Å². The van der Waals surface area contributed by atoms with Crippen molar-refractivity contribution in [3.05, 3.63) is 95.6 Å². The van der Waals surface area contributed by atoms with Gasteiger partial charge < -0.3 is 4.74 Å². The minimum Gasteiger partial charge on any atom is -0.409 e. The lowest BCUT2D eigenvalue weighted by atomic mass is 9.94. The number of carbonyl (C=O) groups excluding carboxylic acids is 1. The van der Waals surface area contributed by atoms with Gasteiger partial charge in [0.05, 0.1) is 11.4 Å². The van der Waals surface area contributed by atoms with Gasteiger partial charge in [0.2, 0.25) is 0 Å². The Hall–Kier alpha value is -3.33. The Kier molecular flexibility index (Phi) is 5.48. The zero-order valence-corrected chi connectivity index (χ0v) is 16.9. The van der Waals surface area contributed by atoms with Gasteiger partial charge in [-0.3, -0.25) is 0 Å². The monoisotopic (exact) mass is 383 g/mol. The van der Waals surface area contributed by atoms with Crippen LogP contribution >= 0.6 is 0 Å². The zero-order valence-electron chi connectivity index (χ0n) is 16.9. The Morgan fingerprint density at radius 3 is 2.31 bits per heavy atom. The molecule has 0 spiro atoms. The first kappa shape index (κ1) is 19.0. The van der Waals surface area contributed by atoms with E-state index >= 15 is 0 Å². The first-order chi connectivity index (χ1) is 14.2. The molecule has 146 valence electrons. The molecule has 0 aliphatic carbocycles. The zero-order chi connectivity index (χ0) is 20.2. The van der Waals surface area contributed by atoms with Gasteiger partial charge in [-0.1, -0.05) is 67.9 Å². The number of unbranched alkanes of at least 4 members (excludes halogenated alkanes) is 1. The number of amides is 1. The molecule has 3 heteroatoms. The molecular weight excluding hydrogens is 358 g/mol. The number of cyclic esters (lactones) is 1. The molecule has 3 nitrogen and oxygen atoms in total. The lowest BCUT2D eigenvalue weighted by Crippen LogP contribution is -2.31. The predicted octanol–water partition coefficient (Wildman–Crippen LogP) is 7.34. The average Bonchev–Trinajstić information content (AvgIpc) is 2.75. The van der Waals surface area contributed by atoms with Gasteiger partial charge in [-0.25, -0.2) is 9.69 Å². The van der Waals surface area contributed by atoms with Crippen LogP contribution in [0.15, 0.2) is 78.9 Å². The fourth-order valence-corrected chi connectivity index (χ4v) is 3.73. The number of benzene rings is 3. The molecule has 1 aliphatic rings. The number of ether oxygens (including phenoxy) is 1. The number of carbonyl (C=O) groups is 1. The quantitative estimate of drug-likeness (QED) is 0.461. The minimum absolute atomic E-state index is 0.366. The van der Waals surface area contributed by atoms with Gasteiger partial charge in [-0.05, 0) is 55.2 Å². The second-order valence-corrected chi connectivity index (χ2v) is 7.34. The molecular formula is C26H25NO2. The fourth-order valence-electron chi connectivity index (χ4n) is 3.73.